The van der Waals surface area contributed by atoms with Crippen LogP contribution in [0.2, 0.25) is 0 Å². The van der Waals surface area contributed by atoms with Crippen molar-refractivity contribution in [2.45, 2.75) is 26.9 Å². The molecule has 1 atom stereocenters. The Kier molecular flexibility index (Phi) is 7.24. The van der Waals surface area contributed by atoms with E-state index in [2.05, 4.69) is 0 Å². The number of para-hydroxylation sites is 1. The zero-order chi connectivity index (χ0) is 18.9. The molecule has 1 unspecified atom stereocenters. The summed E-state index contributed by atoms with van der Waals surface area (Å²) in [6.07, 6.45) is 1.13. The van der Waals surface area contributed by atoms with Crippen molar-refractivity contribution in [2.24, 2.45) is 0 Å². The molecule has 5 heteroatoms. The minimum absolute atomic E-state index is 0.221. The fourth-order valence-corrected chi connectivity index (χ4v) is 2.21. The zero-order valence-corrected chi connectivity index (χ0v) is 15.3. The molecule has 138 valence electrons. The lowest BCUT2D eigenvalue weighted by Crippen LogP contribution is -2.18. The summed E-state index contributed by atoms with van der Waals surface area (Å²) in [5, 5.41) is 9.03. The van der Waals surface area contributed by atoms with Gasteiger partial charge in [-0.2, -0.15) is 0 Å². The van der Waals surface area contributed by atoms with Gasteiger partial charge in [-0.05, 0) is 57.2 Å². The summed E-state index contributed by atoms with van der Waals surface area (Å²) in [7, 11) is 0. The Hall–Kier alpha value is -2.79. The molecule has 0 fully saturated rings. The Bertz CT molecular complexity index is 752. The monoisotopic (exact) mass is 356 g/mol. The van der Waals surface area contributed by atoms with Crippen LogP contribution in [0.25, 0.3) is 6.08 Å². The third kappa shape index (κ3) is 5.63. The van der Waals surface area contributed by atoms with Crippen molar-refractivity contribution in [2.75, 3.05) is 13.2 Å². The molecular weight excluding hydrogens is 332 g/mol. The van der Waals surface area contributed by atoms with Crippen molar-refractivity contribution in [3.05, 3.63) is 59.7 Å². The molecule has 1 N–H and O–H groups in total. The molecule has 0 saturated heterocycles. The number of aliphatic hydroxyl groups is 1. The van der Waals surface area contributed by atoms with Crippen LogP contribution < -0.4 is 9.47 Å². The Morgan fingerprint density at radius 2 is 1.88 bits per heavy atom. The molecule has 5 nitrogen and oxygen atoms in total. The van der Waals surface area contributed by atoms with Crippen LogP contribution in [0.5, 0.6) is 17.2 Å². The molecule has 2 aromatic rings. The van der Waals surface area contributed by atoms with Crippen molar-refractivity contribution >= 4 is 12.0 Å². The number of hydrogen-bond donors (Lipinski definition) is 1. The number of carbonyl (C=O) groups is 1. The van der Waals surface area contributed by atoms with E-state index in [1.54, 1.807) is 26.0 Å². The van der Waals surface area contributed by atoms with Crippen molar-refractivity contribution in [3.8, 4) is 17.2 Å². The quantitative estimate of drug-likeness (QED) is 0.567. The van der Waals surface area contributed by atoms with Crippen LogP contribution in [0.15, 0.2) is 54.1 Å². The van der Waals surface area contributed by atoms with Gasteiger partial charge in [0.2, 0.25) is 0 Å². The van der Waals surface area contributed by atoms with Gasteiger partial charge < -0.3 is 19.3 Å². The summed E-state index contributed by atoms with van der Waals surface area (Å²) in [6, 6.07) is 14.8. The molecule has 0 spiro atoms. The van der Waals surface area contributed by atoms with E-state index in [0.29, 0.717) is 35.0 Å². The molecule has 2 aromatic carbocycles. The zero-order valence-electron chi connectivity index (χ0n) is 15.3. The highest BCUT2D eigenvalue weighted by Crippen LogP contribution is 2.30. The van der Waals surface area contributed by atoms with Gasteiger partial charge in [0.1, 0.15) is 23.4 Å². The lowest BCUT2D eigenvalue weighted by Gasteiger charge is -2.13. The van der Waals surface area contributed by atoms with Crippen LogP contribution in [-0.2, 0) is 9.53 Å². The molecule has 0 aliphatic carbocycles. The maximum absolute atomic E-state index is 12.1. The fraction of sp³-hybridized carbons (Fsp3) is 0.286. The van der Waals surface area contributed by atoms with Gasteiger partial charge in [0.15, 0.2) is 0 Å². The standard InChI is InChI=1S/C21H24O5/c1-4-24-19-10-11-20(26-18-8-6-5-7-9-18)17(13-19)12-15(2)21(23)25-16(3)14-22/h5-13,16,22H,4,14H2,1-3H3. The van der Waals surface area contributed by atoms with E-state index >= 15 is 0 Å². The lowest BCUT2D eigenvalue weighted by atomic mass is 10.1. The van der Waals surface area contributed by atoms with Gasteiger partial charge in [0.25, 0.3) is 0 Å². The van der Waals surface area contributed by atoms with Gasteiger partial charge in [-0.15, -0.1) is 0 Å². The average Bonchev–Trinajstić information content (AvgIpc) is 2.64. The Morgan fingerprint density at radius 3 is 2.54 bits per heavy atom. The van der Waals surface area contributed by atoms with E-state index in [1.807, 2.05) is 49.4 Å². The van der Waals surface area contributed by atoms with Gasteiger partial charge in [-0.1, -0.05) is 18.2 Å². The Balaban J connectivity index is 2.32. The van der Waals surface area contributed by atoms with E-state index in [9.17, 15) is 4.79 Å². The minimum Gasteiger partial charge on any atom is -0.494 e. The number of esters is 1. The summed E-state index contributed by atoms with van der Waals surface area (Å²) < 4.78 is 16.6. The molecule has 0 aromatic heterocycles. The number of aliphatic hydroxyl groups excluding tert-OH is 1. The number of ether oxygens (including phenoxy) is 3. The topological polar surface area (TPSA) is 65.0 Å². The van der Waals surface area contributed by atoms with Gasteiger partial charge in [0, 0.05) is 11.1 Å². The Morgan fingerprint density at radius 1 is 1.15 bits per heavy atom. The van der Waals surface area contributed by atoms with Crippen molar-refractivity contribution in [1.29, 1.82) is 0 Å². The smallest absolute Gasteiger partial charge is 0.334 e. The molecule has 0 bridgehead atoms. The molecular formula is C21H24O5. The third-order valence-electron chi connectivity index (χ3n) is 3.52. The van der Waals surface area contributed by atoms with Crippen molar-refractivity contribution in [1.82, 2.24) is 0 Å². The summed E-state index contributed by atoms with van der Waals surface area (Å²) in [5.74, 6) is 1.49. The maximum atomic E-state index is 12.1. The molecule has 0 aliphatic rings. The summed E-state index contributed by atoms with van der Waals surface area (Å²) in [5.41, 5.74) is 1.10. The number of carbonyl (C=O) groups excluding carboxylic acids is 1. The largest absolute Gasteiger partial charge is 0.494 e. The first kappa shape index (κ1) is 19.5. The normalized spacial score (nSPS) is 12.4. The van der Waals surface area contributed by atoms with Gasteiger partial charge in [-0.25, -0.2) is 4.79 Å². The van der Waals surface area contributed by atoms with E-state index in [1.165, 1.54) is 0 Å². The maximum Gasteiger partial charge on any atom is 0.334 e. The van der Waals surface area contributed by atoms with Gasteiger partial charge in [0.05, 0.1) is 13.2 Å². The number of benzene rings is 2. The van der Waals surface area contributed by atoms with Crippen LogP contribution in [0.3, 0.4) is 0 Å². The van der Waals surface area contributed by atoms with Crippen LogP contribution >= 0.6 is 0 Å². The second-order valence-electron chi connectivity index (χ2n) is 5.77. The van der Waals surface area contributed by atoms with Crippen LogP contribution in [0.4, 0.5) is 0 Å². The fourth-order valence-electron chi connectivity index (χ4n) is 2.21. The lowest BCUT2D eigenvalue weighted by molar-refractivity contribution is -0.145. The van der Waals surface area contributed by atoms with E-state index in [-0.39, 0.29) is 6.61 Å². The molecule has 2 rings (SSSR count). The predicted molar refractivity (Wildman–Crippen MR) is 100 cm³/mol. The van der Waals surface area contributed by atoms with Crippen LogP contribution in [-0.4, -0.2) is 30.4 Å². The molecule has 0 amide bonds. The molecule has 0 saturated carbocycles. The predicted octanol–water partition coefficient (Wildman–Crippen LogP) is 4.20. The first-order chi connectivity index (χ1) is 12.5. The first-order valence-electron chi connectivity index (χ1n) is 8.53. The van der Waals surface area contributed by atoms with Gasteiger partial charge in [-0.3, -0.25) is 0 Å². The summed E-state index contributed by atoms with van der Waals surface area (Å²) in [6.45, 7) is 5.51. The first-order valence-corrected chi connectivity index (χ1v) is 8.53. The highest BCUT2D eigenvalue weighted by molar-refractivity contribution is 5.93. The van der Waals surface area contributed by atoms with Crippen LogP contribution in [0.1, 0.15) is 26.3 Å². The summed E-state index contributed by atoms with van der Waals surface area (Å²) in [4.78, 5) is 12.1. The number of hydrogen-bond acceptors (Lipinski definition) is 5. The SMILES string of the molecule is CCOc1ccc(Oc2ccccc2)c(C=C(C)C(=O)OC(C)CO)c1. The number of rotatable bonds is 8. The summed E-state index contributed by atoms with van der Waals surface area (Å²) >= 11 is 0. The minimum atomic E-state index is -0.555. The van der Waals surface area contributed by atoms with Gasteiger partial charge >= 0.3 is 5.97 Å². The Labute approximate surface area is 153 Å². The molecule has 0 aliphatic heterocycles. The highest BCUT2D eigenvalue weighted by Gasteiger charge is 2.13. The van der Waals surface area contributed by atoms with Crippen molar-refractivity contribution in [3.63, 3.8) is 0 Å². The van der Waals surface area contributed by atoms with E-state index < -0.39 is 12.1 Å². The highest BCUT2D eigenvalue weighted by atomic mass is 16.5. The average molecular weight is 356 g/mol. The molecule has 26 heavy (non-hydrogen) atoms. The van der Waals surface area contributed by atoms with E-state index in [4.69, 9.17) is 19.3 Å². The second-order valence-corrected chi connectivity index (χ2v) is 5.77. The molecule has 0 radical (unpaired) electrons. The van der Waals surface area contributed by atoms with Crippen LogP contribution in [0, 0.1) is 0 Å². The van der Waals surface area contributed by atoms with E-state index in [0.717, 1.165) is 0 Å². The third-order valence-corrected chi connectivity index (χ3v) is 3.52. The second kappa shape index (κ2) is 9.63. The van der Waals surface area contributed by atoms with Crippen molar-refractivity contribution < 1.29 is 24.1 Å². The molecule has 0 heterocycles.